The number of rotatable bonds is 2. The Morgan fingerprint density at radius 2 is 1.66 bits per heavy atom. The van der Waals surface area contributed by atoms with Crippen molar-refractivity contribution < 1.29 is 5.11 Å². The minimum absolute atomic E-state index is 0.0454. The average Bonchev–Trinajstić information content (AvgIpc) is 2.58. The van der Waals surface area contributed by atoms with Gasteiger partial charge in [0, 0.05) is 28.8 Å². The fourth-order valence-electron chi connectivity index (χ4n) is 3.41. The lowest BCUT2D eigenvalue weighted by Crippen LogP contribution is -2.17. The fourth-order valence-corrected chi connectivity index (χ4v) is 3.41. The number of aryl methyl sites for hydroxylation is 1. The van der Waals surface area contributed by atoms with E-state index in [9.17, 15) is 9.90 Å². The monoisotopic (exact) mass is 390 g/mol. The number of phenolic OH excluding ortho intramolecular Hbond substituents is 1. The Morgan fingerprint density at radius 1 is 0.966 bits per heavy atom. The molecule has 0 amide bonds. The summed E-state index contributed by atoms with van der Waals surface area (Å²) in [7, 11) is 0. The molecule has 2 N–H and O–H groups in total. The number of aromatic amines is 1. The van der Waals surface area contributed by atoms with E-state index in [1.165, 1.54) is 0 Å². The highest BCUT2D eigenvalue weighted by Gasteiger charge is 2.24. The second kappa shape index (κ2) is 7.18. The van der Waals surface area contributed by atoms with Crippen molar-refractivity contribution in [2.75, 3.05) is 0 Å². The van der Waals surface area contributed by atoms with Crippen LogP contribution in [0.1, 0.15) is 63.8 Å². The highest BCUT2D eigenvalue weighted by Crippen LogP contribution is 2.37. The summed E-state index contributed by atoms with van der Waals surface area (Å²) >= 11 is 0. The molecule has 3 aromatic rings. The molecule has 4 heteroatoms. The van der Waals surface area contributed by atoms with Gasteiger partial charge in [0.05, 0.1) is 11.2 Å². The van der Waals surface area contributed by atoms with Gasteiger partial charge in [-0.3, -0.25) is 9.79 Å². The summed E-state index contributed by atoms with van der Waals surface area (Å²) in [5.74, 6) is 0.263. The highest BCUT2D eigenvalue weighted by molar-refractivity contribution is 5.89. The molecule has 0 atom stereocenters. The van der Waals surface area contributed by atoms with Crippen LogP contribution in [0.15, 0.2) is 46.2 Å². The van der Waals surface area contributed by atoms with Crippen molar-refractivity contribution in [1.29, 1.82) is 0 Å². The number of pyridine rings is 1. The van der Waals surface area contributed by atoms with E-state index >= 15 is 0 Å². The third-order valence-electron chi connectivity index (χ3n) is 5.20. The molecule has 1 heterocycles. The SMILES string of the molecule is Cc1cc(=O)[nH]c2cc(N=Cc3cc(C(C)(C)C)cc(C(C)(C)C)c3O)ccc12. The predicted octanol–water partition coefficient (Wildman–Crippen LogP) is 5.89. The van der Waals surface area contributed by atoms with Crippen LogP contribution in [0, 0.1) is 6.92 Å². The molecule has 1 aromatic heterocycles. The molecule has 0 fully saturated rings. The van der Waals surface area contributed by atoms with Gasteiger partial charge in [-0.1, -0.05) is 53.7 Å². The Hall–Kier alpha value is -2.88. The number of benzene rings is 2. The zero-order chi connectivity index (χ0) is 21.6. The van der Waals surface area contributed by atoms with Crippen LogP contribution in [0.25, 0.3) is 10.9 Å². The Morgan fingerprint density at radius 3 is 2.28 bits per heavy atom. The number of H-pyrrole nitrogens is 1. The maximum absolute atomic E-state index is 11.8. The average molecular weight is 391 g/mol. The van der Waals surface area contributed by atoms with Crippen molar-refractivity contribution in [1.82, 2.24) is 4.98 Å². The number of aliphatic imine (C=N–C) groups is 1. The first-order valence-corrected chi connectivity index (χ1v) is 9.92. The van der Waals surface area contributed by atoms with Crippen molar-refractivity contribution >= 4 is 22.8 Å². The first kappa shape index (κ1) is 20.8. The van der Waals surface area contributed by atoms with Gasteiger partial charge >= 0.3 is 0 Å². The molecule has 0 spiro atoms. The summed E-state index contributed by atoms with van der Waals surface area (Å²) in [6.07, 6.45) is 1.70. The number of aromatic hydroxyl groups is 1. The van der Waals surface area contributed by atoms with E-state index in [4.69, 9.17) is 0 Å². The standard InChI is InChI=1S/C25H30N2O2/c1-15-10-22(28)27-21-13-18(8-9-19(15)21)26-14-16-11-17(24(2,3)4)12-20(23(16)29)25(5,6)7/h8-14,29H,1-7H3,(H,27,28). The van der Waals surface area contributed by atoms with Crippen LogP contribution in [-0.2, 0) is 10.8 Å². The quantitative estimate of drug-likeness (QED) is 0.536. The van der Waals surface area contributed by atoms with Crippen LogP contribution >= 0.6 is 0 Å². The summed E-state index contributed by atoms with van der Waals surface area (Å²) in [5, 5.41) is 11.9. The van der Waals surface area contributed by atoms with Gasteiger partial charge in [-0.15, -0.1) is 0 Å². The van der Waals surface area contributed by atoms with E-state index in [0.29, 0.717) is 5.56 Å². The molecule has 0 saturated carbocycles. The van der Waals surface area contributed by atoms with Crippen LogP contribution in [0.5, 0.6) is 5.75 Å². The molecule has 4 nitrogen and oxygen atoms in total. The van der Waals surface area contributed by atoms with E-state index in [-0.39, 0.29) is 22.1 Å². The summed E-state index contributed by atoms with van der Waals surface area (Å²) < 4.78 is 0. The molecule has 0 radical (unpaired) electrons. The lowest BCUT2D eigenvalue weighted by molar-refractivity contribution is 0.444. The number of nitrogens with zero attached hydrogens (tertiary/aromatic N) is 1. The van der Waals surface area contributed by atoms with E-state index < -0.39 is 0 Å². The number of aromatic nitrogens is 1. The zero-order valence-electron chi connectivity index (χ0n) is 18.3. The number of phenols is 1. The Kier molecular flexibility index (Phi) is 5.16. The molecule has 2 aromatic carbocycles. The molecule has 0 aliphatic heterocycles. The maximum atomic E-state index is 11.8. The van der Waals surface area contributed by atoms with E-state index in [0.717, 1.165) is 33.3 Å². The van der Waals surface area contributed by atoms with Gasteiger partial charge in [-0.2, -0.15) is 0 Å². The topological polar surface area (TPSA) is 65.5 Å². The van der Waals surface area contributed by atoms with Gasteiger partial charge in [0.15, 0.2) is 0 Å². The molecular weight excluding hydrogens is 360 g/mol. The molecule has 0 saturated heterocycles. The fraction of sp³-hybridized carbons (Fsp3) is 0.360. The third kappa shape index (κ3) is 4.42. The van der Waals surface area contributed by atoms with Crippen molar-refractivity contribution in [2.45, 2.75) is 59.3 Å². The van der Waals surface area contributed by atoms with Crippen LogP contribution in [0.3, 0.4) is 0 Å². The number of fused-ring (bicyclic) bond motifs is 1. The molecule has 0 unspecified atom stereocenters. The van der Waals surface area contributed by atoms with Crippen LogP contribution in [0.4, 0.5) is 5.69 Å². The Bertz CT molecular complexity index is 1160. The molecule has 152 valence electrons. The second-order valence-electron chi connectivity index (χ2n) is 9.77. The van der Waals surface area contributed by atoms with Crippen LogP contribution < -0.4 is 5.56 Å². The minimum atomic E-state index is -0.187. The van der Waals surface area contributed by atoms with E-state index in [1.807, 2.05) is 31.2 Å². The number of hydrogen-bond donors (Lipinski definition) is 2. The largest absolute Gasteiger partial charge is 0.507 e. The van der Waals surface area contributed by atoms with Gasteiger partial charge in [-0.25, -0.2) is 0 Å². The first-order valence-electron chi connectivity index (χ1n) is 9.92. The summed E-state index contributed by atoms with van der Waals surface area (Å²) in [5.41, 5.74) is 4.81. The van der Waals surface area contributed by atoms with Crippen molar-refractivity contribution in [3.05, 3.63) is 69.0 Å². The normalized spacial score (nSPS) is 12.8. The molecule has 0 aliphatic carbocycles. The summed E-state index contributed by atoms with van der Waals surface area (Å²) in [4.78, 5) is 19.2. The lowest BCUT2D eigenvalue weighted by atomic mass is 9.79. The number of nitrogens with one attached hydrogen (secondary N) is 1. The molecule has 0 bridgehead atoms. The first-order chi connectivity index (χ1) is 13.4. The van der Waals surface area contributed by atoms with E-state index in [2.05, 4.69) is 57.6 Å². The van der Waals surface area contributed by atoms with Gasteiger partial charge in [-0.05, 0) is 47.1 Å². The Labute approximate surface area is 172 Å². The highest BCUT2D eigenvalue weighted by atomic mass is 16.3. The van der Waals surface area contributed by atoms with Gasteiger partial charge < -0.3 is 10.1 Å². The third-order valence-corrected chi connectivity index (χ3v) is 5.20. The number of hydrogen-bond acceptors (Lipinski definition) is 3. The summed E-state index contributed by atoms with van der Waals surface area (Å²) in [6.45, 7) is 14.7. The lowest BCUT2D eigenvalue weighted by Gasteiger charge is -2.26. The summed E-state index contributed by atoms with van der Waals surface area (Å²) in [6, 6.07) is 11.4. The van der Waals surface area contributed by atoms with Gasteiger partial charge in [0.25, 0.3) is 0 Å². The molecule has 29 heavy (non-hydrogen) atoms. The smallest absolute Gasteiger partial charge is 0.248 e. The second-order valence-corrected chi connectivity index (χ2v) is 9.77. The van der Waals surface area contributed by atoms with Crippen molar-refractivity contribution in [3.63, 3.8) is 0 Å². The Balaban J connectivity index is 2.10. The zero-order valence-corrected chi connectivity index (χ0v) is 18.3. The van der Waals surface area contributed by atoms with Crippen molar-refractivity contribution in [2.24, 2.45) is 4.99 Å². The maximum Gasteiger partial charge on any atom is 0.248 e. The van der Waals surface area contributed by atoms with Crippen LogP contribution in [0.2, 0.25) is 0 Å². The van der Waals surface area contributed by atoms with Gasteiger partial charge in [0.1, 0.15) is 5.75 Å². The predicted molar refractivity (Wildman–Crippen MR) is 122 cm³/mol. The minimum Gasteiger partial charge on any atom is -0.507 e. The molecule has 0 aliphatic rings. The molecule has 3 rings (SSSR count). The van der Waals surface area contributed by atoms with Gasteiger partial charge in [0.2, 0.25) is 5.56 Å². The van der Waals surface area contributed by atoms with Crippen molar-refractivity contribution in [3.8, 4) is 5.75 Å². The van der Waals surface area contributed by atoms with Crippen LogP contribution in [-0.4, -0.2) is 16.3 Å². The molecular formula is C25H30N2O2. The van der Waals surface area contributed by atoms with E-state index in [1.54, 1.807) is 12.3 Å².